The molecule has 1 aromatic carbocycles. The van der Waals surface area contributed by atoms with Gasteiger partial charge in [-0.15, -0.1) is 0 Å². The van der Waals surface area contributed by atoms with Gasteiger partial charge < -0.3 is 4.74 Å². The zero-order valence-corrected chi connectivity index (χ0v) is 14.6. The molecule has 5 nitrogen and oxygen atoms in total. The molecular formula is C16H25NO4S. The van der Waals surface area contributed by atoms with E-state index < -0.39 is 16.0 Å². The fraction of sp³-hybridized carbons (Fsp3) is 0.562. The van der Waals surface area contributed by atoms with E-state index in [1.165, 1.54) is 4.31 Å². The lowest BCUT2D eigenvalue weighted by atomic mass is 10.0. The number of rotatable bonds is 8. The minimum Gasteiger partial charge on any atom is -0.465 e. The molecule has 0 unspecified atom stereocenters. The topological polar surface area (TPSA) is 63.7 Å². The van der Waals surface area contributed by atoms with Gasteiger partial charge in [0.05, 0.1) is 18.0 Å². The number of hydrogen-bond acceptors (Lipinski definition) is 4. The van der Waals surface area contributed by atoms with E-state index in [2.05, 4.69) is 0 Å². The van der Waals surface area contributed by atoms with Crippen LogP contribution in [0.1, 0.15) is 38.8 Å². The highest BCUT2D eigenvalue weighted by molar-refractivity contribution is 7.92. The first-order valence-electron chi connectivity index (χ1n) is 7.67. The number of para-hydroxylation sites is 1. The maximum Gasteiger partial charge on any atom is 0.326 e. The predicted octanol–water partition coefficient (Wildman–Crippen LogP) is 2.53. The molecule has 0 bridgehead atoms. The highest BCUT2D eigenvalue weighted by Crippen LogP contribution is 2.29. The monoisotopic (exact) mass is 327 g/mol. The van der Waals surface area contributed by atoms with Crippen LogP contribution in [0.15, 0.2) is 18.2 Å². The first kappa shape index (κ1) is 18.5. The Morgan fingerprint density at radius 2 is 1.64 bits per heavy atom. The van der Waals surface area contributed by atoms with Crippen molar-refractivity contribution in [1.29, 1.82) is 0 Å². The molecule has 0 aromatic heterocycles. The zero-order chi connectivity index (χ0) is 16.8. The van der Waals surface area contributed by atoms with Crippen LogP contribution < -0.4 is 4.31 Å². The molecule has 124 valence electrons. The molecule has 1 aromatic rings. The molecule has 0 spiro atoms. The van der Waals surface area contributed by atoms with Crippen LogP contribution in [0.4, 0.5) is 5.69 Å². The highest BCUT2D eigenvalue weighted by atomic mass is 32.2. The maximum atomic E-state index is 12.5. The molecule has 22 heavy (non-hydrogen) atoms. The SMILES string of the molecule is CCOC(=O)CN(c1c(CC)cccc1CC)S(=O)(=O)CC. The summed E-state index contributed by atoms with van der Waals surface area (Å²) in [4.78, 5) is 11.9. The van der Waals surface area contributed by atoms with E-state index in [4.69, 9.17) is 4.74 Å². The predicted molar refractivity (Wildman–Crippen MR) is 88.6 cm³/mol. The van der Waals surface area contributed by atoms with E-state index in [1.807, 2.05) is 32.0 Å². The summed E-state index contributed by atoms with van der Waals surface area (Å²) < 4.78 is 31.1. The first-order valence-corrected chi connectivity index (χ1v) is 9.28. The van der Waals surface area contributed by atoms with Gasteiger partial charge in [-0.3, -0.25) is 9.10 Å². The van der Waals surface area contributed by atoms with E-state index in [-0.39, 0.29) is 18.9 Å². The van der Waals surface area contributed by atoms with Crippen molar-refractivity contribution in [2.45, 2.75) is 40.5 Å². The van der Waals surface area contributed by atoms with Crippen LogP contribution in [0.3, 0.4) is 0 Å². The number of carbonyl (C=O) groups is 1. The van der Waals surface area contributed by atoms with Gasteiger partial charge in [-0.2, -0.15) is 0 Å². The average Bonchev–Trinajstić information content (AvgIpc) is 2.52. The molecule has 0 aliphatic rings. The summed E-state index contributed by atoms with van der Waals surface area (Å²) >= 11 is 0. The van der Waals surface area contributed by atoms with Gasteiger partial charge in [0.1, 0.15) is 6.54 Å². The van der Waals surface area contributed by atoms with E-state index in [1.54, 1.807) is 13.8 Å². The fourth-order valence-electron chi connectivity index (χ4n) is 2.33. The van der Waals surface area contributed by atoms with Gasteiger partial charge in [-0.05, 0) is 37.8 Å². The third kappa shape index (κ3) is 4.22. The molecule has 6 heteroatoms. The fourth-order valence-corrected chi connectivity index (χ4v) is 3.46. The molecule has 0 saturated heterocycles. The van der Waals surface area contributed by atoms with Crippen molar-refractivity contribution >= 4 is 21.7 Å². The van der Waals surface area contributed by atoms with Gasteiger partial charge in [0.25, 0.3) is 0 Å². The number of anilines is 1. The average molecular weight is 327 g/mol. The second-order valence-electron chi connectivity index (χ2n) is 4.84. The van der Waals surface area contributed by atoms with Crippen LogP contribution in [0.25, 0.3) is 0 Å². The van der Waals surface area contributed by atoms with Gasteiger partial charge in [0, 0.05) is 0 Å². The second kappa shape index (κ2) is 8.17. The van der Waals surface area contributed by atoms with Gasteiger partial charge in [-0.1, -0.05) is 32.0 Å². The van der Waals surface area contributed by atoms with Crippen LogP contribution in [0.5, 0.6) is 0 Å². The number of ether oxygens (including phenoxy) is 1. The Morgan fingerprint density at radius 1 is 1.09 bits per heavy atom. The molecule has 0 atom stereocenters. The van der Waals surface area contributed by atoms with E-state index in [0.717, 1.165) is 11.1 Å². The molecule has 0 fully saturated rings. The Morgan fingerprint density at radius 3 is 2.05 bits per heavy atom. The van der Waals surface area contributed by atoms with Gasteiger partial charge in [-0.25, -0.2) is 8.42 Å². The quantitative estimate of drug-likeness (QED) is 0.688. The van der Waals surface area contributed by atoms with Gasteiger partial charge >= 0.3 is 5.97 Å². The third-order valence-corrected chi connectivity index (χ3v) is 5.21. The van der Waals surface area contributed by atoms with Crippen molar-refractivity contribution in [2.75, 3.05) is 23.2 Å². The smallest absolute Gasteiger partial charge is 0.326 e. The van der Waals surface area contributed by atoms with E-state index >= 15 is 0 Å². The van der Waals surface area contributed by atoms with Crippen molar-refractivity contribution in [3.63, 3.8) is 0 Å². The van der Waals surface area contributed by atoms with Crippen LogP contribution >= 0.6 is 0 Å². The van der Waals surface area contributed by atoms with Gasteiger partial charge in [0.2, 0.25) is 10.0 Å². The molecule has 0 N–H and O–H groups in total. The Labute approximate surface area is 133 Å². The van der Waals surface area contributed by atoms with Crippen LogP contribution in [0, 0.1) is 0 Å². The number of benzene rings is 1. The van der Waals surface area contributed by atoms with Crippen molar-refractivity contribution in [3.05, 3.63) is 29.3 Å². The number of esters is 1. The number of aryl methyl sites for hydroxylation is 2. The van der Waals surface area contributed by atoms with Crippen LogP contribution in [-0.4, -0.2) is 33.3 Å². The summed E-state index contributed by atoms with van der Waals surface area (Å²) in [6, 6.07) is 5.72. The number of hydrogen-bond donors (Lipinski definition) is 0. The lowest BCUT2D eigenvalue weighted by Gasteiger charge is -2.27. The summed E-state index contributed by atoms with van der Waals surface area (Å²) in [5.74, 6) is -0.597. The Kier molecular flexibility index (Phi) is 6.87. The van der Waals surface area contributed by atoms with Crippen LogP contribution in [-0.2, 0) is 32.4 Å². The summed E-state index contributed by atoms with van der Waals surface area (Å²) in [5.41, 5.74) is 2.46. The Bertz CT molecular complexity index is 588. The lowest BCUT2D eigenvalue weighted by molar-refractivity contribution is -0.141. The highest BCUT2D eigenvalue weighted by Gasteiger charge is 2.27. The molecule has 0 saturated carbocycles. The first-order chi connectivity index (χ1) is 10.4. The minimum atomic E-state index is -3.56. The van der Waals surface area contributed by atoms with E-state index in [9.17, 15) is 13.2 Å². The van der Waals surface area contributed by atoms with E-state index in [0.29, 0.717) is 18.5 Å². The second-order valence-corrected chi connectivity index (χ2v) is 7.03. The van der Waals surface area contributed by atoms with Crippen molar-refractivity contribution < 1.29 is 17.9 Å². The molecule has 0 amide bonds. The summed E-state index contributed by atoms with van der Waals surface area (Å²) in [6.07, 6.45) is 1.39. The standard InChI is InChI=1S/C16H25NO4S/c1-5-13-10-9-11-14(6-2)16(13)17(22(19,20)8-4)12-15(18)21-7-3/h9-11H,5-8,12H2,1-4H3. The Hall–Kier alpha value is -1.56. The van der Waals surface area contributed by atoms with Gasteiger partial charge in [0.15, 0.2) is 0 Å². The number of nitrogens with zero attached hydrogens (tertiary/aromatic N) is 1. The third-order valence-electron chi connectivity index (χ3n) is 3.49. The molecule has 0 aliphatic carbocycles. The Balaban J connectivity index is 3.42. The molecule has 0 aliphatic heterocycles. The van der Waals surface area contributed by atoms with Crippen molar-refractivity contribution in [2.24, 2.45) is 0 Å². The number of sulfonamides is 1. The zero-order valence-electron chi connectivity index (χ0n) is 13.8. The number of carbonyl (C=O) groups excluding carboxylic acids is 1. The lowest BCUT2D eigenvalue weighted by Crippen LogP contribution is -2.38. The molecule has 1 rings (SSSR count). The molecule has 0 radical (unpaired) electrons. The summed E-state index contributed by atoms with van der Waals surface area (Å²) in [6.45, 7) is 7.17. The maximum absolute atomic E-state index is 12.5. The largest absolute Gasteiger partial charge is 0.465 e. The summed E-state index contributed by atoms with van der Waals surface area (Å²) in [5, 5.41) is 0. The van der Waals surface area contributed by atoms with Crippen LogP contribution in [0.2, 0.25) is 0 Å². The normalized spacial score (nSPS) is 11.3. The van der Waals surface area contributed by atoms with Crippen molar-refractivity contribution in [1.82, 2.24) is 0 Å². The summed E-state index contributed by atoms with van der Waals surface area (Å²) in [7, 11) is -3.56. The molecule has 0 heterocycles. The molecular weight excluding hydrogens is 302 g/mol. The van der Waals surface area contributed by atoms with Crippen molar-refractivity contribution in [3.8, 4) is 0 Å². The minimum absolute atomic E-state index is 0.0619.